The van der Waals surface area contributed by atoms with Crippen LogP contribution in [0.4, 0.5) is 9.59 Å². The van der Waals surface area contributed by atoms with Crippen molar-refractivity contribution >= 4 is 50.7 Å². The molecule has 49 heavy (non-hydrogen) atoms. The SMILES string of the molecule is Cc1c([C@H](C)NC(=O)NC2CCN(C(C)CCC(C)[C@@H](NC(=O)NC3CCS(=O)C3)c3oc4ccccc4c3C)C2=O)oc2ccccc12. The first-order valence-corrected chi connectivity index (χ1v) is 18.7. The second-order valence-corrected chi connectivity index (χ2v) is 15.3. The summed E-state index contributed by atoms with van der Waals surface area (Å²) in [6.07, 6.45) is 2.64. The van der Waals surface area contributed by atoms with Gasteiger partial charge in [-0.25, -0.2) is 9.59 Å². The molecule has 5 amide bonds. The van der Waals surface area contributed by atoms with Gasteiger partial charge in [-0.05, 0) is 71.4 Å². The Morgan fingerprint density at radius 2 is 1.47 bits per heavy atom. The number of carbonyl (C=O) groups is 3. The average molecular weight is 690 g/mol. The average Bonchev–Trinajstić information content (AvgIpc) is 3.84. The van der Waals surface area contributed by atoms with Crippen LogP contribution in [0.1, 0.15) is 81.2 Å². The first-order chi connectivity index (χ1) is 23.5. The third-order valence-electron chi connectivity index (χ3n) is 10.2. The fraction of sp³-hybridized carbons (Fsp3) is 0.486. The number of hydrogen-bond acceptors (Lipinski definition) is 6. The lowest BCUT2D eigenvalue weighted by Gasteiger charge is -2.29. The number of furan rings is 2. The Hall–Kier alpha value is -4.32. The molecule has 5 unspecified atom stereocenters. The van der Waals surface area contributed by atoms with Crippen LogP contribution >= 0.6 is 0 Å². The van der Waals surface area contributed by atoms with Crippen LogP contribution in [0, 0.1) is 19.8 Å². The minimum atomic E-state index is -0.898. The first-order valence-electron chi connectivity index (χ1n) is 17.3. The maximum Gasteiger partial charge on any atom is 0.316 e. The zero-order chi connectivity index (χ0) is 34.8. The number of hydrogen-bond donors (Lipinski definition) is 4. The lowest BCUT2D eigenvalue weighted by Crippen LogP contribution is -2.48. The van der Waals surface area contributed by atoms with E-state index in [4.69, 9.17) is 8.83 Å². The second-order valence-electron chi connectivity index (χ2n) is 13.7. The standard InChI is InChI=1S/C37H47N5O6S/c1-21(32(41-37(45)39-26-17-19-49(46)20-26)34-24(4)28-11-7-9-13-31(28)48-34)14-15-22(2)42-18-16-29(35(42)43)40-36(44)38-25(5)33-23(3)27-10-6-8-12-30(27)47-33/h6-13,21-22,25-26,29,32H,14-20H2,1-5H3,(H2,38,40,44)(H2,39,41,45)/t21?,22?,25-,26?,29?,32+,49?/m0/s1. The number of fused-ring (bicyclic) bond motifs is 2. The zero-order valence-corrected chi connectivity index (χ0v) is 29.7. The quantitative estimate of drug-likeness (QED) is 0.149. The molecule has 4 heterocycles. The summed E-state index contributed by atoms with van der Waals surface area (Å²) in [4.78, 5) is 41.4. The van der Waals surface area contributed by atoms with Crippen molar-refractivity contribution in [2.24, 2.45) is 5.92 Å². The third kappa shape index (κ3) is 7.49. The number of rotatable bonds is 11. The molecule has 2 aliphatic heterocycles. The summed E-state index contributed by atoms with van der Waals surface area (Å²) >= 11 is 0. The van der Waals surface area contributed by atoms with Gasteiger partial charge in [0.2, 0.25) is 5.91 Å². The molecule has 4 N–H and O–H groups in total. The minimum Gasteiger partial charge on any atom is -0.459 e. The molecule has 2 aliphatic rings. The van der Waals surface area contributed by atoms with Gasteiger partial charge < -0.3 is 35.0 Å². The van der Waals surface area contributed by atoms with Crippen LogP contribution in [0.2, 0.25) is 0 Å². The maximum absolute atomic E-state index is 13.5. The number of likely N-dealkylation sites (tertiary alicyclic amines) is 1. The van der Waals surface area contributed by atoms with E-state index in [2.05, 4.69) is 28.2 Å². The maximum atomic E-state index is 13.5. The Bertz CT molecular complexity index is 1870. The molecule has 0 saturated carbocycles. The Balaban J connectivity index is 1.05. The lowest BCUT2D eigenvalue weighted by atomic mass is 9.91. The molecule has 2 aromatic heterocycles. The Morgan fingerprint density at radius 1 is 0.857 bits per heavy atom. The van der Waals surface area contributed by atoms with E-state index < -0.39 is 28.9 Å². The van der Waals surface area contributed by atoms with Crippen LogP contribution in [0.3, 0.4) is 0 Å². The first kappa shape index (κ1) is 34.5. The monoisotopic (exact) mass is 689 g/mol. The molecular formula is C37H47N5O6S. The highest BCUT2D eigenvalue weighted by Gasteiger charge is 2.36. The van der Waals surface area contributed by atoms with Gasteiger partial charge in [0.15, 0.2) is 0 Å². The Labute approximate surface area is 289 Å². The molecule has 262 valence electrons. The van der Waals surface area contributed by atoms with Gasteiger partial charge in [-0.15, -0.1) is 0 Å². The van der Waals surface area contributed by atoms with Crippen LogP contribution in [-0.4, -0.2) is 63.3 Å². The van der Waals surface area contributed by atoms with Gasteiger partial charge in [-0.3, -0.25) is 9.00 Å². The normalized spacial score (nSPS) is 21.9. The molecule has 0 radical (unpaired) electrons. The number of carbonyl (C=O) groups excluding carboxylic acids is 3. The fourth-order valence-corrected chi connectivity index (χ4v) is 8.68. The summed E-state index contributed by atoms with van der Waals surface area (Å²) in [5, 5.41) is 14.0. The molecule has 7 atom stereocenters. The van der Waals surface area contributed by atoms with Crippen LogP contribution < -0.4 is 21.3 Å². The molecule has 2 saturated heterocycles. The van der Waals surface area contributed by atoms with Crippen molar-refractivity contribution in [1.82, 2.24) is 26.2 Å². The number of nitrogens with one attached hydrogen (secondary N) is 4. The van der Waals surface area contributed by atoms with Crippen LogP contribution in [0.5, 0.6) is 0 Å². The number of amides is 5. The molecule has 6 rings (SSSR count). The Kier molecular flexibility index (Phi) is 10.3. The third-order valence-corrected chi connectivity index (χ3v) is 11.6. The zero-order valence-electron chi connectivity index (χ0n) is 28.8. The molecule has 0 bridgehead atoms. The highest BCUT2D eigenvalue weighted by molar-refractivity contribution is 7.85. The number of benzene rings is 2. The summed E-state index contributed by atoms with van der Waals surface area (Å²) < 4.78 is 24.2. The molecule has 0 aliphatic carbocycles. The number of aryl methyl sites for hydroxylation is 2. The minimum absolute atomic E-state index is 0.0224. The van der Waals surface area contributed by atoms with E-state index in [-0.39, 0.29) is 36.0 Å². The van der Waals surface area contributed by atoms with Crippen LogP contribution in [0.15, 0.2) is 57.4 Å². The van der Waals surface area contributed by atoms with Crippen LogP contribution in [-0.2, 0) is 15.6 Å². The Morgan fingerprint density at radius 3 is 2.10 bits per heavy atom. The number of nitrogens with zero attached hydrogens (tertiary/aromatic N) is 1. The summed E-state index contributed by atoms with van der Waals surface area (Å²) in [6, 6.07) is 13.3. The molecule has 0 spiro atoms. The summed E-state index contributed by atoms with van der Waals surface area (Å²) in [6.45, 7) is 10.5. The largest absolute Gasteiger partial charge is 0.459 e. The van der Waals surface area contributed by atoms with Crippen molar-refractivity contribution in [3.05, 3.63) is 71.2 Å². The van der Waals surface area contributed by atoms with Gasteiger partial charge in [0.05, 0.1) is 12.1 Å². The lowest BCUT2D eigenvalue weighted by molar-refractivity contribution is -0.131. The second kappa shape index (κ2) is 14.7. The van der Waals surface area contributed by atoms with Crippen molar-refractivity contribution < 1.29 is 27.4 Å². The smallest absolute Gasteiger partial charge is 0.316 e. The van der Waals surface area contributed by atoms with E-state index in [0.29, 0.717) is 55.3 Å². The van der Waals surface area contributed by atoms with E-state index in [1.54, 1.807) is 0 Å². The van der Waals surface area contributed by atoms with Gasteiger partial charge in [0, 0.05) is 62.8 Å². The highest BCUT2D eigenvalue weighted by atomic mass is 32.2. The van der Waals surface area contributed by atoms with Crippen molar-refractivity contribution in [3.63, 3.8) is 0 Å². The van der Waals surface area contributed by atoms with Gasteiger partial charge in [-0.1, -0.05) is 43.3 Å². The fourth-order valence-electron chi connectivity index (χ4n) is 7.27. The topological polar surface area (TPSA) is 146 Å². The number of urea groups is 2. The summed E-state index contributed by atoms with van der Waals surface area (Å²) in [5.41, 5.74) is 3.50. The van der Waals surface area contributed by atoms with Gasteiger partial charge in [0.1, 0.15) is 28.7 Å². The van der Waals surface area contributed by atoms with E-state index in [9.17, 15) is 18.6 Å². The predicted molar refractivity (Wildman–Crippen MR) is 191 cm³/mol. The predicted octanol–water partition coefficient (Wildman–Crippen LogP) is 6.12. The van der Waals surface area contributed by atoms with E-state index in [0.717, 1.165) is 33.1 Å². The highest BCUT2D eigenvalue weighted by Crippen LogP contribution is 2.35. The van der Waals surface area contributed by atoms with Gasteiger partial charge >= 0.3 is 12.1 Å². The van der Waals surface area contributed by atoms with Crippen molar-refractivity contribution in [2.75, 3.05) is 18.1 Å². The van der Waals surface area contributed by atoms with Gasteiger partial charge in [0.25, 0.3) is 0 Å². The molecule has 2 aromatic carbocycles. The molecular weight excluding hydrogens is 643 g/mol. The molecule has 12 heteroatoms. The summed E-state index contributed by atoms with van der Waals surface area (Å²) in [5.74, 6) is 2.35. The molecule has 4 aromatic rings. The van der Waals surface area contributed by atoms with Crippen molar-refractivity contribution in [1.29, 1.82) is 0 Å². The van der Waals surface area contributed by atoms with Crippen LogP contribution in [0.25, 0.3) is 21.9 Å². The molecule has 2 fully saturated rings. The van der Waals surface area contributed by atoms with E-state index in [1.165, 1.54) is 0 Å². The summed E-state index contributed by atoms with van der Waals surface area (Å²) in [7, 11) is -0.898. The molecule has 11 nitrogen and oxygen atoms in total. The van der Waals surface area contributed by atoms with E-state index in [1.807, 2.05) is 81.1 Å². The van der Waals surface area contributed by atoms with Crippen molar-refractivity contribution in [2.45, 2.75) is 90.5 Å². The number of para-hydroxylation sites is 2. The van der Waals surface area contributed by atoms with E-state index >= 15 is 0 Å². The van der Waals surface area contributed by atoms with Crippen molar-refractivity contribution in [3.8, 4) is 0 Å². The van der Waals surface area contributed by atoms with Gasteiger partial charge in [-0.2, -0.15) is 0 Å².